The highest BCUT2D eigenvalue weighted by Gasteiger charge is 2.21. The molecular weight excluding hydrogens is 482 g/mol. The van der Waals surface area contributed by atoms with Gasteiger partial charge in [-0.25, -0.2) is 22.7 Å². The summed E-state index contributed by atoms with van der Waals surface area (Å²) in [5.41, 5.74) is 2.26. The third kappa shape index (κ3) is 5.23. The van der Waals surface area contributed by atoms with Crippen LogP contribution in [0, 0.1) is 0 Å². The van der Waals surface area contributed by atoms with Crippen molar-refractivity contribution in [3.63, 3.8) is 0 Å². The summed E-state index contributed by atoms with van der Waals surface area (Å²) in [5, 5.41) is 0. The molecule has 0 amide bonds. The molecule has 31 heavy (non-hydrogen) atoms. The van der Waals surface area contributed by atoms with E-state index < -0.39 is 10.0 Å². The summed E-state index contributed by atoms with van der Waals surface area (Å²) in [7, 11) is 2.69. The molecule has 9 heteroatoms. The minimum absolute atomic E-state index is 0.265. The number of methoxy groups -OCH3 is 2. The standard InChI is InChI=1S/C22H24BrN3O4S/c1-26(2)31(27,28)21-8-6-5-7-15(21)12-19-18(23)14-24-22(25-19)13-16-11-17(29-3)9-10-20(16)30-4/h5-11,14H,12-13H2,1-4H3. The van der Waals surface area contributed by atoms with Crippen LogP contribution in [-0.4, -0.2) is 51.0 Å². The smallest absolute Gasteiger partial charge is 0.242 e. The van der Waals surface area contributed by atoms with Crippen molar-refractivity contribution in [2.24, 2.45) is 0 Å². The van der Waals surface area contributed by atoms with E-state index in [9.17, 15) is 8.42 Å². The summed E-state index contributed by atoms with van der Waals surface area (Å²) in [6, 6.07) is 12.5. The zero-order valence-electron chi connectivity index (χ0n) is 17.8. The van der Waals surface area contributed by atoms with Crippen molar-refractivity contribution < 1.29 is 17.9 Å². The van der Waals surface area contributed by atoms with E-state index >= 15 is 0 Å². The van der Waals surface area contributed by atoms with Gasteiger partial charge in [0.05, 0.1) is 29.3 Å². The third-order valence-corrected chi connectivity index (χ3v) is 7.37. The van der Waals surface area contributed by atoms with Crippen LogP contribution in [0.25, 0.3) is 0 Å². The first-order chi connectivity index (χ1) is 14.8. The monoisotopic (exact) mass is 505 g/mol. The second-order valence-corrected chi connectivity index (χ2v) is 9.98. The fraction of sp³-hybridized carbons (Fsp3) is 0.273. The maximum atomic E-state index is 12.7. The van der Waals surface area contributed by atoms with Gasteiger partial charge in [0.25, 0.3) is 0 Å². The molecule has 0 saturated heterocycles. The fourth-order valence-corrected chi connectivity index (χ4v) is 4.57. The van der Waals surface area contributed by atoms with Crippen molar-refractivity contribution in [3.05, 3.63) is 75.8 Å². The first-order valence-corrected chi connectivity index (χ1v) is 11.7. The van der Waals surface area contributed by atoms with E-state index in [1.165, 1.54) is 18.4 Å². The third-order valence-electron chi connectivity index (χ3n) is 4.79. The Balaban J connectivity index is 1.96. The van der Waals surface area contributed by atoms with Crippen LogP contribution in [0.1, 0.15) is 22.6 Å². The van der Waals surface area contributed by atoms with Crippen LogP contribution in [0.5, 0.6) is 11.5 Å². The average molecular weight is 506 g/mol. The molecule has 7 nitrogen and oxygen atoms in total. The van der Waals surface area contributed by atoms with Crippen LogP contribution in [0.4, 0.5) is 0 Å². The highest BCUT2D eigenvalue weighted by Crippen LogP contribution is 2.27. The molecule has 0 fully saturated rings. The highest BCUT2D eigenvalue weighted by atomic mass is 79.9. The quantitative estimate of drug-likeness (QED) is 0.464. The summed E-state index contributed by atoms with van der Waals surface area (Å²) in [6.07, 6.45) is 2.47. The van der Waals surface area contributed by atoms with Crippen LogP contribution in [0.2, 0.25) is 0 Å². The van der Waals surface area contributed by atoms with E-state index in [2.05, 4.69) is 20.9 Å². The Bertz CT molecular complexity index is 1180. The molecule has 3 rings (SSSR count). The molecule has 0 saturated carbocycles. The summed E-state index contributed by atoms with van der Waals surface area (Å²) in [4.78, 5) is 9.39. The highest BCUT2D eigenvalue weighted by molar-refractivity contribution is 9.10. The molecule has 3 aromatic rings. The lowest BCUT2D eigenvalue weighted by Crippen LogP contribution is -2.23. The first-order valence-electron chi connectivity index (χ1n) is 9.48. The van der Waals surface area contributed by atoms with Gasteiger partial charge in [-0.2, -0.15) is 0 Å². The SMILES string of the molecule is COc1ccc(OC)c(Cc2ncc(Br)c(Cc3ccccc3S(=O)(=O)N(C)C)n2)c1. The first kappa shape index (κ1) is 23.2. The summed E-state index contributed by atoms with van der Waals surface area (Å²) in [6.45, 7) is 0. The molecule has 0 radical (unpaired) electrons. The van der Waals surface area contributed by atoms with Crippen LogP contribution in [0.15, 0.2) is 58.0 Å². The van der Waals surface area contributed by atoms with Gasteiger partial charge in [0.1, 0.15) is 17.3 Å². The molecule has 0 spiro atoms. The van der Waals surface area contributed by atoms with E-state index in [0.717, 1.165) is 17.1 Å². The number of benzene rings is 2. The van der Waals surface area contributed by atoms with Crippen molar-refractivity contribution >= 4 is 26.0 Å². The molecule has 0 unspecified atom stereocenters. The number of nitrogens with zero attached hydrogens (tertiary/aromatic N) is 3. The maximum Gasteiger partial charge on any atom is 0.242 e. The van der Waals surface area contributed by atoms with Crippen LogP contribution < -0.4 is 9.47 Å². The Morgan fingerprint density at radius 2 is 1.74 bits per heavy atom. The topological polar surface area (TPSA) is 81.6 Å². The minimum Gasteiger partial charge on any atom is -0.497 e. The minimum atomic E-state index is -3.57. The van der Waals surface area contributed by atoms with Crippen molar-refractivity contribution in [2.75, 3.05) is 28.3 Å². The predicted octanol–water partition coefficient (Wildman–Crippen LogP) is 3.69. The number of aromatic nitrogens is 2. The van der Waals surface area contributed by atoms with Gasteiger partial charge in [0, 0.05) is 38.7 Å². The van der Waals surface area contributed by atoms with E-state index in [0.29, 0.717) is 34.4 Å². The van der Waals surface area contributed by atoms with Gasteiger partial charge in [-0.15, -0.1) is 0 Å². The second kappa shape index (κ2) is 9.76. The van der Waals surface area contributed by atoms with Crippen LogP contribution >= 0.6 is 15.9 Å². The van der Waals surface area contributed by atoms with Crippen molar-refractivity contribution in [3.8, 4) is 11.5 Å². The van der Waals surface area contributed by atoms with Gasteiger partial charge in [-0.1, -0.05) is 18.2 Å². The van der Waals surface area contributed by atoms with Crippen LogP contribution in [0.3, 0.4) is 0 Å². The van der Waals surface area contributed by atoms with Gasteiger partial charge >= 0.3 is 0 Å². The van der Waals surface area contributed by atoms with Gasteiger partial charge in [-0.3, -0.25) is 0 Å². The summed E-state index contributed by atoms with van der Waals surface area (Å²) >= 11 is 3.50. The van der Waals surface area contributed by atoms with Crippen molar-refractivity contribution in [1.29, 1.82) is 0 Å². The summed E-state index contributed by atoms with van der Waals surface area (Å²) in [5.74, 6) is 2.03. The van der Waals surface area contributed by atoms with E-state index in [4.69, 9.17) is 14.5 Å². The van der Waals surface area contributed by atoms with E-state index in [-0.39, 0.29) is 4.90 Å². The van der Waals surface area contributed by atoms with Crippen molar-refractivity contribution in [1.82, 2.24) is 14.3 Å². The van der Waals surface area contributed by atoms with Gasteiger partial charge in [0.2, 0.25) is 10.0 Å². The molecule has 164 valence electrons. The second-order valence-electron chi connectivity index (χ2n) is 7.01. The molecule has 1 aromatic heterocycles. The molecule has 0 atom stereocenters. The normalized spacial score (nSPS) is 11.5. The lowest BCUT2D eigenvalue weighted by Gasteiger charge is -2.15. The van der Waals surface area contributed by atoms with Crippen LogP contribution in [-0.2, 0) is 22.9 Å². The molecule has 1 heterocycles. The zero-order chi connectivity index (χ0) is 22.6. The number of ether oxygens (including phenoxy) is 2. The molecule has 0 aliphatic carbocycles. The Labute approximate surface area is 191 Å². The Hall–Kier alpha value is -2.49. The van der Waals surface area contributed by atoms with Gasteiger partial charge < -0.3 is 9.47 Å². The average Bonchev–Trinajstić information content (AvgIpc) is 2.76. The molecule has 2 aromatic carbocycles. The largest absolute Gasteiger partial charge is 0.497 e. The lowest BCUT2D eigenvalue weighted by molar-refractivity contribution is 0.399. The molecule has 0 bridgehead atoms. The fourth-order valence-electron chi connectivity index (χ4n) is 3.12. The van der Waals surface area contributed by atoms with E-state index in [1.54, 1.807) is 38.6 Å². The summed E-state index contributed by atoms with van der Waals surface area (Å²) < 4.78 is 38.1. The zero-order valence-corrected chi connectivity index (χ0v) is 20.2. The number of rotatable bonds is 8. The Kier molecular flexibility index (Phi) is 7.30. The predicted molar refractivity (Wildman–Crippen MR) is 122 cm³/mol. The molecule has 0 aliphatic heterocycles. The Morgan fingerprint density at radius 1 is 1.00 bits per heavy atom. The molecule has 0 aliphatic rings. The number of sulfonamides is 1. The van der Waals surface area contributed by atoms with E-state index in [1.807, 2.05) is 24.3 Å². The van der Waals surface area contributed by atoms with Gasteiger partial charge in [0.15, 0.2) is 0 Å². The molecule has 0 N–H and O–H groups in total. The lowest BCUT2D eigenvalue weighted by atomic mass is 10.1. The number of hydrogen-bond donors (Lipinski definition) is 0. The maximum absolute atomic E-state index is 12.7. The number of halogens is 1. The number of hydrogen-bond acceptors (Lipinski definition) is 6. The van der Waals surface area contributed by atoms with Crippen molar-refractivity contribution in [2.45, 2.75) is 17.7 Å². The van der Waals surface area contributed by atoms with Gasteiger partial charge in [-0.05, 0) is 45.8 Å². The molecular formula is C22H24BrN3O4S. The Morgan fingerprint density at radius 3 is 2.42 bits per heavy atom.